The lowest BCUT2D eigenvalue weighted by atomic mass is 10.0. The van der Waals surface area contributed by atoms with E-state index in [2.05, 4.69) is 48.5 Å². The molecule has 0 saturated heterocycles. The van der Waals surface area contributed by atoms with Crippen LogP contribution in [-0.4, -0.2) is 96.7 Å². The van der Waals surface area contributed by atoms with Gasteiger partial charge in [0.25, 0.3) is 0 Å². The molecule has 0 spiro atoms. The normalized spacial score (nSPS) is 13.9. The van der Waals surface area contributed by atoms with Crippen molar-refractivity contribution in [2.45, 2.75) is 471 Å². The van der Waals surface area contributed by atoms with E-state index in [-0.39, 0.29) is 25.7 Å². The molecule has 0 saturated carbocycles. The Balaban J connectivity index is 5.21. The molecule has 0 fully saturated rings. The molecule has 0 aliphatic heterocycles. The van der Waals surface area contributed by atoms with Crippen LogP contribution in [0.1, 0.15) is 453 Å². The molecule has 0 amide bonds. The number of ether oxygens (including phenoxy) is 4. The summed E-state index contributed by atoms with van der Waals surface area (Å²) in [5.41, 5.74) is 0. The van der Waals surface area contributed by atoms with E-state index in [1.165, 1.54) is 263 Å². The van der Waals surface area contributed by atoms with Gasteiger partial charge in [-0.1, -0.05) is 402 Å². The predicted molar refractivity (Wildman–Crippen MR) is 432 cm³/mol. The van der Waals surface area contributed by atoms with Crippen LogP contribution < -0.4 is 0 Å². The number of hydrogen-bond acceptors (Lipinski definition) is 15. The van der Waals surface area contributed by atoms with Gasteiger partial charge in [-0.25, -0.2) is 9.13 Å². The molecule has 0 aliphatic carbocycles. The monoisotopic (exact) mass is 1540 g/mol. The maximum Gasteiger partial charge on any atom is 0.472 e. The highest BCUT2D eigenvalue weighted by Gasteiger charge is 2.30. The Labute approximate surface area is 645 Å². The Morgan fingerprint density at radius 2 is 0.438 bits per heavy atom. The zero-order chi connectivity index (χ0) is 77.2. The van der Waals surface area contributed by atoms with Gasteiger partial charge in [0, 0.05) is 25.7 Å². The molecule has 3 N–H and O–H groups in total. The Bertz CT molecular complexity index is 2030. The number of esters is 4. The molecule has 0 radical (unpaired) electrons. The van der Waals surface area contributed by atoms with Crippen molar-refractivity contribution >= 4 is 39.5 Å². The van der Waals surface area contributed by atoms with Crippen molar-refractivity contribution in [2.75, 3.05) is 39.6 Å². The van der Waals surface area contributed by atoms with Crippen LogP contribution in [0, 0.1) is 17.8 Å². The lowest BCUT2D eigenvalue weighted by molar-refractivity contribution is -0.161. The number of unbranched alkanes of at least 4 members (excludes halogenated alkanes) is 52. The summed E-state index contributed by atoms with van der Waals surface area (Å²) in [6.45, 7) is 12.0. The molecule has 0 rings (SSSR count). The van der Waals surface area contributed by atoms with Gasteiger partial charge in [0.15, 0.2) is 12.2 Å². The predicted octanol–water partition coefficient (Wildman–Crippen LogP) is 26.1. The molecule has 5 atom stereocenters. The molecule has 0 aromatic carbocycles. The minimum absolute atomic E-state index is 0.106. The van der Waals surface area contributed by atoms with Gasteiger partial charge in [0.1, 0.15) is 19.3 Å². The van der Waals surface area contributed by atoms with E-state index in [0.29, 0.717) is 25.7 Å². The first-order valence-corrected chi connectivity index (χ1v) is 47.3. The van der Waals surface area contributed by atoms with Crippen molar-refractivity contribution in [1.82, 2.24) is 0 Å². The third kappa shape index (κ3) is 79.9. The second-order valence-electron chi connectivity index (χ2n) is 32.4. The van der Waals surface area contributed by atoms with Crippen molar-refractivity contribution in [2.24, 2.45) is 17.8 Å². The third-order valence-electron chi connectivity index (χ3n) is 20.1. The highest BCUT2D eigenvalue weighted by Crippen LogP contribution is 2.45. The van der Waals surface area contributed by atoms with E-state index < -0.39 is 97.5 Å². The van der Waals surface area contributed by atoms with Crippen molar-refractivity contribution in [3.05, 3.63) is 0 Å². The van der Waals surface area contributed by atoms with E-state index in [1.54, 1.807) is 0 Å². The van der Waals surface area contributed by atoms with Crippen molar-refractivity contribution in [3.8, 4) is 0 Å². The van der Waals surface area contributed by atoms with Gasteiger partial charge in [-0.15, -0.1) is 0 Å². The fraction of sp³-hybridized carbons (Fsp3) is 0.953. The van der Waals surface area contributed by atoms with Gasteiger partial charge >= 0.3 is 39.5 Å². The summed E-state index contributed by atoms with van der Waals surface area (Å²) in [6, 6.07) is 0. The largest absolute Gasteiger partial charge is 0.472 e. The van der Waals surface area contributed by atoms with Gasteiger partial charge in [-0.3, -0.25) is 37.3 Å². The number of hydrogen-bond donors (Lipinski definition) is 3. The number of phosphoric ester groups is 2. The van der Waals surface area contributed by atoms with Crippen molar-refractivity contribution in [3.63, 3.8) is 0 Å². The Kier molecular flexibility index (Phi) is 74.7. The number of carbonyl (C=O) groups excluding carboxylic acids is 4. The first-order valence-electron chi connectivity index (χ1n) is 44.3. The van der Waals surface area contributed by atoms with E-state index in [4.69, 9.17) is 37.0 Å². The Hall–Kier alpha value is -1.94. The van der Waals surface area contributed by atoms with Crippen LogP contribution in [0.25, 0.3) is 0 Å². The Morgan fingerprint density at radius 1 is 0.257 bits per heavy atom. The molecule has 105 heavy (non-hydrogen) atoms. The van der Waals surface area contributed by atoms with Gasteiger partial charge in [0.05, 0.1) is 26.4 Å². The summed E-state index contributed by atoms with van der Waals surface area (Å²) in [5, 5.41) is 10.7. The molecule has 2 unspecified atom stereocenters. The van der Waals surface area contributed by atoms with Crippen LogP contribution >= 0.6 is 15.6 Å². The maximum absolute atomic E-state index is 13.1. The first kappa shape index (κ1) is 103. The highest BCUT2D eigenvalue weighted by atomic mass is 31.2. The second-order valence-corrected chi connectivity index (χ2v) is 35.3. The van der Waals surface area contributed by atoms with Crippen LogP contribution in [0.3, 0.4) is 0 Å². The van der Waals surface area contributed by atoms with Crippen LogP contribution in [0.5, 0.6) is 0 Å². The molecule has 0 aliphatic rings. The topological polar surface area (TPSA) is 237 Å². The van der Waals surface area contributed by atoms with Crippen molar-refractivity contribution in [1.29, 1.82) is 0 Å². The van der Waals surface area contributed by atoms with E-state index in [0.717, 1.165) is 108 Å². The van der Waals surface area contributed by atoms with Crippen LogP contribution in [0.15, 0.2) is 0 Å². The summed E-state index contributed by atoms with van der Waals surface area (Å²) < 4.78 is 68.8. The molecule has 624 valence electrons. The zero-order valence-electron chi connectivity index (χ0n) is 69.2. The summed E-state index contributed by atoms with van der Waals surface area (Å²) in [5.74, 6) is 0.275. The number of aliphatic hydroxyl groups excluding tert-OH is 1. The quantitative estimate of drug-likeness (QED) is 0.0222. The minimum atomic E-state index is -4.97. The summed E-state index contributed by atoms with van der Waals surface area (Å²) >= 11 is 0. The fourth-order valence-corrected chi connectivity index (χ4v) is 14.9. The van der Waals surface area contributed by atoms with E-state index in [1.807, 2.05) is 0 Å². The average molecular weight is 1540 g/mol. The first-order chi connectivity index (χ1) is 50.7. The highest BCUT2D eigenvalue weighted by molar-refractivity contribution is 7.47. The molecular formula is C86H168O17P2. The smallest absolute Gasteiger partial charge is 0.462 e. The lowest BCUT2D eigenvalue weighted by Gasteiger charge is -2.21. The second kappa shape index (κ2) is 76.1. The van der Waals surface area contributed by atoms with E-state index >= 15 is 0 Å². The van der Waals surface area contributed by atoms with Crippen LogP contribution in [0.4, 0.5) is 0 Å². The number of carbonyl (C=O) groups is 4. The molecule has 0 aromatic rings. The molecule has 19 heteroatoms. The van der Waals surface area contributed by atoms with Crippen LogP contribution in [0.2, 0.25) is 0 Å². The third-order valence-corrected chi connectivity index (χ3v) is 22.0. The number of rotatable bonds is 84. The van der Waals surface area contributed by atoms with Crippen LogP contribution in [-0.2, 0) is 65.4 Å². The Morgan fingerprint density at radius 3 is 0.648 bits per heavy atom. The maximum atomic E-state index is 13.1. The number of phosphoric acid groups is 2. The summed E-state index contributed by atoms with van der Waals surface area (Å²) in [7, 11) is -9.93. The average Bonchev–Trinajstić information content (AvgIpc) is 0.934. The van der Waals surface area contributed by atoms with Crippen molar-refractivity contribution < 1.29 is 80.2 Å². The van der Waals surface area contributed by atoms with Gasteiger partial charge in [-0.05, 0) is 43.4 Å². The molecule has 0 bridgehead atoms. The van der Waals surface area contributed by atoms with Gasteiger partial charge < -0.3 is 33.8 Å². The SMILES string of the molecule is CCCCCCCCCCCCCC(=O)OC[C@H](COP(=O)(O)OC[C@H](O)COP(=O)(O)OC[C@@H](COC(=O)CCCCCCCCCCCCCCCCCCCCC(C)C)OC(=O)CCCCCCCCCCCCCCCCCCCCC(C)C)OC(=O)CCCCCCCCCCCC(C)C. The molecular weight excluding hydrogens is 1370 g/mol. The van der Waals surface area contributed by atoms with Gasteiger partial charge in [-0.2, -0.15) is 0 Å². The molecule has 17 nitrogen and oxygen atoms in total. The summed E-state index contributed by atoms with van der Waals surface area (Å²) in [6.07, 6.45) is 66.7. The lowest BCUT2D eigenvalue weighted by Crippen LogP contribution is -2.30. The minimum Gasteiger partial charge on any atom is -0.462 e. The molecule has 0 aromatic heterocycles. The standard InChI is InChI=1S/C86H168O17P2/c1-8-9-10-11-12-13-30-39-46-53-60-67-83(88)96-74-82(103-86(91)70-63-56-49-42-35-38-45-52-59-66-79(6)7)76-101-105(94,95)99-72-80(87)71-98-104(92,93)100-75-81(102-85(90)69-62-55-48-41-34-29-25-21-17-15-19-23-27-32-37-44-51-58-65-78(4)5)73-97-84(89)68-61-54-47-40-33-28-24-20-16-14-18-22-26-31-36-43-50-57-64-77(2)3/h77-82,87H,8-76H2,1-7H3,(H,92,93)(H,94,95)/t80-,81-,82-/m1/s1. The number of aliphatic hydroxyl groups is 1. The summed E-state index contributed by atoms with van der Waals surface area (Å²) in [4.78, 5) is 73.2. The molecule has 0 heterocycles. The van der Waals surface area contributed by atoms with Gasteiger partial charge in [0.2, 0.25) is 0 Å². The zero-order valence-corrected chi connectivity index (χ0v) is 71.0. The van der Waals surface area contributed by atoms with E-state index in [9.17, 15) is 43.2 Å². The fourth-order valence-electron chi connectivity index (χ4n) is 13.4.